The van der Waals surface area contributed by atoms with Gasteiger partial charge < -0.3 is 9.64 Å². The molecular formula is C16H21N5O2. The molecule has 0 radical (unpaired) electrons. The lowest BCUT2D eigenvalue weighted by molar-refractivity contribution is 0.0671. The second-order valence-electron chi connectivity index (χ2n) is 5.98. The number of hydrogen-bond acceptors (Lipinski definition) is 5. The van der Waals surface area contributed by atoms with Crippen LogP contribution in [0.4, 0.5) is 0 Å². The number of carbonyl (C=O) groups is 1. The largest absolute Gasteiger partial charge is 0.384 e. The van der Waals surface area contributed by atoms with Gasteiger partial charge in [-0.25, -0.2) is 9.97 Å². The number of fused-ring (bicyclic) bond motifs is 1. The second kappa shape index (κ2) is 6.08. The smallest absolute Gasteiger partial charge is 0.273 e. The van der Waals surface area contributed by atoms with E-state index >= 15 is 0 Å². The molecule has 23 heavy (non-hydrogen) atoms. The average molecular weight is 315 g/mol. The normalized spacial score (nSPS) is 17.2. The summed E-state index contributed by atoms with van der Waals surface area (Å²) in [6, 6.07) is 0. The van der Waals surface area contributed by atoms with Crippen molar-refractivity contribution in [3.8, 4) is 0 Å². The molecular weight excluding hydrogens is 294 g/mol. The number of methoxy groups -OCH3 is 1. The molecule has 3 heterocycles. The first-order valence-corrected chi connectivity index (χ1v) is 7.60. The predicted molar refractivity (Wildman–Crippen MR) is 84.1 cm³/mol. The van der Waals surface area contributed by atoms with Crippen molar-refractivity contribution in [3.05, 3.63) is 40.7 Å². The summed E-state index contributed by atoms with van der Waals surface area (Å²) in [7, 11) is 3.56. The van der Waals surface area contributed by atoms with Gasteiger partial charge in [0, 0.05) is 56.2 Å². The van der Waals surface area contributed by atoms with Crippen LogP contribution in [0.3, 0.4) is 0 Å². The van der Waals surface area contributed by atoms with Crippen molar-refractivity contribution in [2.75, 3.05) is 20.3 Å². The Hall–Kier alpha value is -2.28. The number of nitrogens with zero attached hydrogens (tertiary/aromatic N) is 5. The summed E-state index contributed by atoms with van der Waals surface area (Å²) in [5.74, 6) is 0.0146. The highest BCUT2D eigenvalue weighted by molar-refractivity contribution is 5.94. The number of amides is 1. The summed E-state index contributed by atoms with van der Waals surface area (Å²) in [5.41, 5.74) is 4.22. The van der Waals surface area contributed by atoms with Gasteiger partial charge in [0.25, 0.3) is 5.91 Å². The van der Waals surface area contributed by atoms with Gasteiger partial charge in [0.05, 0.1) is 12.3 Å². The summed E-state index contributed by atoms with van der Waals surface area (Å²) in [5, 5.41) is 4.52. The number of hydrogen-bond donors (Lipinski definition) is 0. The fourth-order valence-corrected chi connectivity index (χ4v) is 3.03. The summed E-state index contributed by atoms with van der Waals surface area (Å²) < 4.78 is 7.10. The number of rotatable bonds is 3. The van der Waals surface area contributed by atoms with Crippen molar-refractivity contribution in [2.45, 2.75) is 26.3 Å². The van der Waals surface area contributed by atoms with E-state index in [0.717, 1.165) is 22.5 Å². The molecule has 1 aliphatic heterocycles. The average Bonchev–Trinajstić information content (AvgIpc) is 2.90. The maximum Gasteiger partial charge on any atom is 0.273 e. The molecule has 122 valence electrons. The second-order valence-corrected chi connectivity index (χ2v) is 5.98. The van der Waals surface area contributed by atoms with Crippen molar-refractivity contribution >= 4 is 5.91 Å². The van der Waals surface area contributed by atoms with Gasteiger partial charge in [-0.2, -0.15) is 5.10 Å². The highest BCUT2D eigenvalue weighted by Crippen LogP contribution is 2.28. The third kappa shape index (κ3) is 2.84. The first-order valence-electron chi connectivity index (χ1n) is 7.60. The summed E-state index contributed by atoms with van der Waals surface area (Å²) in [4.78, 5) is 23.1. The van der Waals surface area contributed by atoms with Crippen LogP contribution in [0, 0.1) is 13.8 Å². The lowest BCUT2D eigenvalue weighted by atomic mass is 9.96. The van der Waals surface area contributed by atoms with Crippen molar-refractivity contribution in [3.63, 3.8) is 0 Å². The third-order valence-corrected chi connectivity index (χ3v) is 4.32. The van der Waals surface area contributed by atoms with E-state index in [9.17, 15) is 4.79 Å². The van der Waals surface area contributed by atoms with Crippen molar-refractivity contribution in [2.24, 2.45) is 7.05 Å². The highest BCUT2D eigenvalue weighted by atomic mass is 16.5. The van der Waals surface area contributed by atoms with Gasteiger partial charge in [0.2, 0.25) is 0 Å². The van der Waals surface area contributed by atoms with Crippen LogP contribution in [0.25, 0.3) is 0 Å². The Labute approximate surface area is 135 Å². The van der Waals surface area contributed by atoms with E-state index in [-0.39, 0.29) is 11.8 Å². The van der Waals surface area contributed by atoms with E-state index in [1.807, 2.05) is 32.0 Å². The van der Waals surface area contributed by atoms with Gasteiger partial charge in [0.15, 0.2) is 0 Å². The van der Waals surface area contributed by atoms with E-state index < -0.39 is 0 Å². The number of carbonyl (C=O) groups excluding carboxylic acids is 1. The van der Waals surface area contributed by atoms with Crippen molar-refractivity contribution in [1.82, 2.24) is 24.6 Å². The minimum absolute atomic E-state index is 0.0661. The number of ether oxygens (including phenoxy) is 1. The molecule has 0 fully saturated rings. The van der Waals surface area contributed by atoms with E-state index in [4.69, 9.17) is 4.74 Å². The molecule has 0 bridgehead atoms. The molecule has 0 saturated carbocycles. The van der Waals surface area contributed by atoms with Gasteiger partial charge >= 0.3 is 0 Å². The lowest BCUT2D eigenvalue weighted by Crippen LogP contribution is -2.40. The van der Waals surface area contributed by atoms with Gasteiger partial charge in [0.1, 0.15) is 12.0 Å². The Balaban J connectivity index is 1.92. The Morgan fingerprint density at radius 3 is 2.91 bits per heavy atom. The van der Waals surface area contributed by atoms with Gasteiger partial charge in [-0.15, -0.1) is 0 Å². The summed E-state index contributed by atoms with van der Waals surface area (Å²) >= 11 is 0. The van der Waals surface area contributed by atoms with Crippen molar-refractivity contribution < 1.29 is 9.53 Å². The van der Waals surface area contributed by atoms with Crippen molar-refractivity contribution in [1.29, 1.82) is 0 Å². The Kier molecular flexibility index (Phi) is 4.12. The van der Waals surface area contributed by atoms with Crippen LogP contribution in [0.1, 0.15) is 38.9 Å². The van der Waals surface area contributed by atoms with E-state index in [2.05, 4.69) is 15.1 Å². The zero-order chi connectivity index (χ0) is 16.6. The molecule has 0 N–H and O–H groups in total. The topological polar surface area (TPSA) is 73.1 Å². The zero-order valence-electron chi connectivity index (χ0n) is 13.9. The SMILES string of the molecule is COCC1CN(C(=O)c2ncnc(C)c2C)Cc2cn(C)nc21. The molecule has 1 atom stereocenters. The molecule has 3 rings (SSSR count). The zero-order valence-corrected chi connectivity index (χ0v) is 13.9. The van der Waals surface area contributed by atoms with Gasteiger partial charge in [-0.1, -0.05) is 0 Å². The maximum absolute atomic E-state index is 12.9. The summed E-state index contributed by atoms with van der Waals surface area (Å²) in [6.07, 6.45) is 3.41. The fraction of sp³-hybridized carbons (Fsp3) is 0.500. The first kappa shape index (κ1) is 15.6. The van der Waals surface area contributed by atoms with Crippen LogP contribution < -0.4 is 0 Å². The van der Waals surface area contributed by atoms with Crippen LogP contribution in [-0.2, 0) is 18.3 Å². The number of aryl methyl sites for hydroxylation is 2. The van der Waals surface area contributed by atoms with Crippen LogP contribution >= 0.6 is 0 Å². The minimum Gasteiger partial charge on any atom is -0.384 e. The molecule has 7 heteroatoms. The first-order chi connectivity index (χ1) is 11.0. The monoisotopic (exact) mass is 315 g/mol. The van der Waals surface area contributed by atoms with E-state index in [1.54, 1.807) is 11.8 Å². The van der Waals surface area contributed by atoms with Crippen LogP contribution in [0.2, 0.25) is 0 Å². The standard InChI is InChI=1S/C16H21N5O2/c1-10-11(2)17-9-18-14(10)16(22)21-6-12-5-20(3)19-15(12)13(7-21)8-23-4/h5,9,13H,6-8H2,1-4H3. The number of aromatic nitrogens is 4. The van der Waals surface area contributed by atoms with E-state index in [0.29, 0.717) is 25.4 Å². The molecule has 0 saturated heterocycles. The van der Waals surface area contributed by atoms with E-state index in [1.165, 1.54) is 6.33 Å². The molecule has 1 unspecified atom stereocenters. The quantitative estimate of drug-likeness (QED) is 0.851. The molecule has 1 amide bonds. The summed E-state index contributed by atoms with van der Waals surface area (Å²) in [6.45, 7) is 5.44. The predicted octanol–water partition coefficient (Wildman–Crippen LogP) is 1.21. The lowest BCUT2D eigenvalue weighted by Gasteiger charge is -2.31. The molecule has 2 aromatic rings. The van der Waals surface area contributed by atoms with Crippen LogP contribution in [0.15, 0.2) is 12.5 Å². The molecule has 0 aliphatic carbocycles. The maximum atomic E-state index is 12.9. The minimum atomic E-state index is -0.0661. The fourth-order valence-electron chi connectivity index (χ4n) is 3.03. The van der Waals surface area contributed by atoms with Gasteiger partial charge in [-0.05, 0) is 13.8 Å². The Morgan fingerprint density at radius 1 is 1.39 bits per heavy atom. The molecule has 1 aliphatic rings. The Bertz CT molecular complexity index is 740. The molecule has 2 aromatic heterocycles. The third-order valence-electron chi connectivity index (χ3n) is 4.32. The molecule has 0 aromatic carbocycles. The van der Waals surface area contributed by atoms with Gasteiger partial charge in [-0.3, -0.25) is 9.48 Å². The van der Waals surface area contributed by atoms with Crippen LogP contribution in [0.5, 0.6) is 0 Å². The Morgan fingerprint density at radius 2 is 2.17 bits per heavy atom. The molecule has 0 spiro atoms. The van der Waals surface area contributed by atoms with Crippen LogP contribution in [-0.4, -0.2) is 50.8 Å². The highest BCUT2D eigenvalue weighted by Gasteiger charge is 2.32. The molecule has 7 nitrogen and oxygen atoms in total.